The van der Waals surface area contributed by atoms with Gasteiger partial charge in [-0.1, -0.05) is 12.1 Å². The first kappa shape index (κ1) is 23.5. The third kappa shape index (κ3) is 6.60. The summed E-state index contributed by atoms with van der Waals surface area (Å²) in [4.78, 5) is 19.1. The highest BCUT2D eigenvalue weighted by atomic mass is 127. The van der Waals surface area contributed by atoms with Crippen LogP contribution in [0.5, 0.6) is 5.75 Å². The number of benzene rings is 1. The normalized spacial score (nSPS) is 16.8. The first-order valence-electron chi connectivity index (χ1n) is 9.54. The molecule has 1 fully saturated rings. The summed E-state index contributed by atoms with van der Waals surface area (Å²) in [5, 5.41) is 5.63. The van der Waals surface area contributed by atoms with E-state index in [-0.39, 0.29) is 29.9 Å². The van der Waals surface area contributed by atoms with Gasteiger partial charge in [0.2, 0.25) is 5.91 Å². The molecule has 29 heavy (non-hydrogen) atoms. The van der Waals surface area contributed by atoms with E-state index in [0.717, 1.165) is 44.2 Å². The predicted octanol–water partition coefficient (Wildman–Crippen LogP) is 3.70. The lowest BCUT2D eigenvalue weighted by atomic mass is 9.95. The number of methoxy groups -OCH3 is 1. The molecule has 0 aliphatic carbocycles. The fourth-order valence-corrected chi connectivity index (χ4v) is 4.45. The maximum atomic E-state index is 11.2. The summed E-state index contributed by atoms with van der Waals surface area (Å²) in [7, 11) is 3.48. The van der Waals surface area contributed by atoms with Gasteiger partial charge in [-0.05, 0) is 53.5 Å². The number of piperidine rings is 1. The van der Waals surface area contributed by atoms with Crippen molar-refractivity contribution in [2.45, 2.75) is 25.8 Å². The molecule has 1 aliphatic heterocycles. The number of hydrogen-bond donors (Lipinski definition) is 2. The van der Waals surface area contributed by atoms with Crippen LogP contribution >= 0.6 is 35.3 Å². The molecule has 3 rings (SSSR count). The van der Waals surface area contributed by atoms with Gasteiger partial charge in [0.05, 0.1) is 13.7 Å². The van der Waals surface area contributed by atoms with Gasteiger partial charge in [0.25, 0.3) is 0 Å². The Kier molecular flexibility index (Phi) is 9.22. The summed E-state index contributed by atoms with van der Waals surface area (Å²) in [6.45, 7) is 2.51. The van der Waals surface area contributed by atoms with Gasteiger partial charge >= 0.3 is 0 Å². The number of aliphatic imine (C=N–C) groups is 1. The van der Waals surface area contributed by atoms with Gasteiger partial charge in [0.15, 0.2) is 5.96 Å². The molecule has 1 amide bonds. The Morgan fingerprint density at radius 1 is 1.34 bits per heavy atom. The first-order chi connectivity index (χ1) is 13.6. The molecule has 3 N–H and O–H groups in total. The van der Waals surface area contributed by atoms with Crippen LogP contribution in [0.1, 0.15) is 24.1 Å². The average molecular weight is 528 g/mol. The number of rotatable bonds is 6. The van der Waals surface area contributed by atoms with E-state index in [1.54, 1.807) is 25.5 Å². The molecule has 2 aromatic rings. The highest BCUT2D eigenvalue weighted by Crippen LogP contribution is 2.27. The van der Waals surface area contributed by atoms with Crippen molar-refractivity contribution in [2.24, 2.45) is 16.6 Å². The van der Waals surface area contributed by atoms with Crippen LogP contribution in [0.3, 0.4) is 0 Å². The van der Waals surface area contributed by atoms with Crippen LogP contribution in [-0.4, -0.2) is 44.0 Å². The zero-order valence-corrected chi connectivity index (χ0v) is 20.0. The van der Waals surface area contributed by atoms with E-state index in [0.29, 0.717) is 12.3 Å². The van der Waals surface area contributed by atoms with Gasteiger partial charge in [-0.25, -0.2) is 0 Å². The molecule has 6 nitrogen and oxygen atoms in total. The van der Waals surface area contributed by atoms with Crippen LogP contribution in [0.4, 0.5) is 0 Å². The molecule has 1 aliphatic rings. The van der Waals surface area contributed by atoms with Gasteiger partial charge < -0.3 is 20.7 Å². The Morgan fingerprint density at radius 3 is 2.76 bits per heavy atom. The molecule has 0 saturated carbocycles. The lowest BCUT2D eigenvalue weighted by molar-refractivity contribution is -0.119. The molecule has 8 heteroatoms. The molecule has 1 unspecified atom stereocenters. The largest absolute Gasteiger partial charge is 0.497 e. The van der Waals surface area contributed by atoms with Crippen LogP contribution in [-0.2, 0) is 11.3 Å². The Balaban J connectivity index is 0.00000300. The topological polar surface area (TPSA) is 80.0 Å². The van der Waals surface area contributed by atoms with Gasteiger partial charge in [-0.15, -0.1) is 35.3 Å². The molecule has 1 atom stereocenters. The van der Waals surface area contributed by atoms with Crippen LogP contribution in [0, 0.1) is 5.92 Å². The smallest absolute Gasteiger partial charge is 0.217 e. The summed E-state index contributed by atoms with van der Waals surface area (Å²) in [6, 6.07) is 10.3. The summed E-state index contributed by atoms with van der Waals surface area (Å²) in [5.41, 5.74) is 7.76. The van der Waals surface area contributed by atoms with E-state index in [4.69, 9.17) is 10.5 Å². The average Bonchev–Trinajstić information content (AvgIpc) is 3.17. The molecule has 2 heterocycles. The number of halogens is 1. The number of nitrogens with one attached hydrogen (secondary N) is 1. The zero-order chi connectivity index (χ0) is 19.9. The zero-order valence-electron chi connectivity index (χ0n) is 16.9. The Morgan fingerprint density at radius 2 is 2.10 bits per heavy atom. The van der Waals surface area contributed by atoms with Crippen molar-refractivity contribution in [2.75, 3.05) is 27.2 Å². The number of carbonyl (C=O) groups excluding carboxylic acids is 1. The summed E-state index contributed by atoms with van der Waals surface area (Å²) in [6.07, 6.45) is 2.55. The van der Waals surface area contributed by atoms with Crippen LogP contribution in [0.2, 0.25) is 0 Å². The van der Waals surface area contributed by atoms with E-state index in [9.17, 15) is 4.79 Å². The second kappa shape index (κ2) is 11.4. The van der Waals surface area contributed by atoms with Crippen molar-refractivity contribution in [1.82, 2.24) is 10.2 Å². The molecule has 158 valence electrons. The monoisotopic (exact) mass is 528 g/mol. The van der Waals surface area contributed by atoms with E-state index >= 15 is 0 Å². The lowest BCUT2D eigenvalue weighted by Crippen LogP contribution is -2.46. The van der Waals surface area contributed by atoms with E-state index in [1.807, 2.05) is 12.1 Å². The molecular formula is C21H29IN4O2S. The van der Waals surface area contributed by atoms with Crippen LogP contribution < -0.4 is 15.8 Å². The second-order valence-corrected chi connectivity index (χ2v) is 8.05. The van der Waals surface area contributed by atoms with Crippen molar-refractivity contribution in [3.05, 3.63) is 40.6 Å². The van der Waals surface area contributed by atoms with E-state index in [1.165, 1.54) is 16.0 Å². The maximum Gasteiger partial charge on any atom is 0.217 e. The number of thiophene rings is 1. The van der Waals surface area contributed by atoms with Crippen molar-refractivity contribution in [3.8, 4) is 16.9 Å². The minimum atomic E-state index is -0.223. The Labute approximate surface area is 193 Å². The Bertz CT molecular complexity index is 822. The van der Waals surface area contributed by atoms with E-state index < -0.39 is 0 Å². The summed E-state index contributed by atoms with van der Waals surface area (Å²) >= 11 is 1.73. The Hall–Kier alpha value is -1.81. The molecule has 1 saturated heterocycles. The SMILES string of the molecule is CN=C(NCc1cc(-c2ccc(OC)cc2)cs1)N1CCCC(CC(N)=O)C1.I. The minimum Gasteiger partial charge on any atom is -0.497 e. The molecule has 0 bridgehead atoms. The molecule has 0 spiro atoms. The third-order valence-electron chi connectivity index (χ3n) is 5.02. The lowest BCUT2D eigenvalue weighted by Gasteiger charge is -2.34. The number of carbonyl (C=O) groups is 1. The number of nitrogens with two attached hydrogens (primary N) is 1. The summed E-state index contributed by atoms with van der Waals surface area (Å²) < 4.78 is 5.22. The number of guanidine groups is 1. The number of nitrogens with zero attached hydrogens (tertiary/aromatic N) is 2. The second-order valence-electron chi connectivity index (χ2n) is 7.06. The number of ether oxygens (including phenoxy) is 1. The molecule has 1 aromatic carbocycles. The fourth-order valence-electron chi connectivity index (χ4n) is 3.62. The van der Waals surface area contributed by atoms with Gasteiger partial charge in [0, 0.05) is 31.4 Å². The minimum absolute atomic E-state index is 0. The molecule has 1 aromatic heterocycles. The van der Waals surface area contributed by atoms with Crippen LogP contribution in [0.15, 0.2) is 40.7 Å². The van der Waals surface area contributed by atoms with Crippen LogP contribution in [0.25, 0.3) is 11.1 Å². The third-order valence-corrected chi connectivity index (χ3v) is 5.95. The van der Waals surface area contributed by atoms with Gasteiger partial charge in [-0.3, -0.25) is 9.79 Å². The fraction of sp³-hybridized carbons (Fsp3) is 0.429. The first-order valence-corrected chi connectivity index (χ1v) is 10.4. The van der Waals surface area contributed by atoms with Crippen molar-refractivity contribution >= 4 is 47.2 Å². The van der Waals surface area contributed by atoms with Gasteiger partial charge in [0.1, 0.15) is 5.75 Å². The molecule has 0 radical (unpaired) electrons. The number of amides is 1. The van der Waals surface area contributed by atoms with Gasteiger partial charge in [-0.2, -0.15) is 0 Å². The van der Waals surface area contributed by atoms with Crippen molar-refractivity contribution in [1.29, 1.82) is 0 Å². The predicted molar refractivity (Wildman–Crippen MR) is 130 cm³/mol. The number of primary amides is 1. The standard InChI is InChI=1S/C21H28N4O2S.HI/c1-23-21(25-9-3-4-15(13-25)10-20(22)26)24-12-19-11-17(14-28-19)16-5-7-18(27-2)8-6-16;/h5-8,11,14-15H,3-4,9-10,12-13H2,1-2H3,(H2,22,26)(H,23,24);1H. The highest BCUT2D eigenvalue weighted by molar-refractivity contribution is 14.0. The highest BCUT2D eigenvalue weighted by Gasteiger charge is 2.23. The molecular weight excluding hydrogens is 499 g/mol. The van der Waals surface area contributed by atoms with Crippen molar-refractivity contribution in [3.63, 3.8) is 0 Å². The summed E-state index contributed by atoms with van der Waals surface area (Å²) in [5.74, 6) is 1.84. The maximum absolute atomic E-state index is 11.2. The quantitative estimate of drug-likeness (QED) is 0.341. The number of likely N-dealkylation sites (tertiary alicyclic amines) is 1. The van der Waals surface area contributed by atoms with E-state index in [2.05, 4.69) is 38.8 Å². The number of hydrogen-bond acceptors (Lipinski definition) is 4. The van der Waals surface area contributed by atoms with Crippen molar-refractivity contribution < 1.29 is 9.53 Å².